The van der Waals surface area contributed by atoms with E-state index in [1.165, 1.54) is 41.8 Å². The molecule has 1 aliphatic heterocycles. The van der Waals surface area contributed by atoms with E-state index in [4.69, 9.17) is 4.42 Å². The van der Waals surface area contributed by atoms with Crippen molar-refractivity contribution in [1.82, 2.24) is 4.72 Å². The molecular formula is C17H22N2O6S2. The number of hydrogen-bond acceptors (Lipinski definition) is 6. The van der Waals surface area contributed by atoms with E-state index in [0.717, 1.165) is 6.42 Å². The zero-order valence-electron chi connectivity index (χ0n) is 14.8. The highest BCUT2D eigenvalue weighted by molar-refractivity contribution is 7.92. The zero-order valence-corrected chi connectivity index (χ0v) is 16.5. The van der Waals surface area contributed by atoms with E-state index in [-0.39, 0.29) is 23.0 Å². The van der Waals surface area contributed by atoms with Crippen molar-refractivity contribution in [3.8, 4) is 0 Å². The van der Waals surface area contributed by atoms with Crippen molar-refractivity contribution in [2.24, 2.45) is 0 Å². The number of hydrogen-bond donors (Lipinski definition) is 2. The van der Waals surface area contributed by atoms with E-state index in [1.807, 2.05) is 0 Å². The van der Waals surface area contributed by atoms with Crippen molar-refractivity contribution in [2.45, 2.75) is 30.3 Å². The lowest BCUT2D eigenvalue weighted by Gasteiger charge is -2.28. The predicted molar refractivity (Wildman–Crippen MR) is 100 cm³/mol. The molecule has 1 atom stereocenters. The molecule has 10 heteroatoms. The summed E-state index contributed by atoms with van der Waals surface area (Å²) in [5, 5.41) is 10.4. The number of furan rings is 1. The summed E-state index contributed by atoms with van der Waals surface area (Å²) in [6, 6.07) is 8.81. The van der Waals surface area contributed by atoms with Crippen LogP contribution in [0.2, 0.25) is 0 Å². The van der Waals surface area contributed by atoms with Gasteiger partial charge in [-0.25, -0.2) is 21.6 Å². The molecule has 0 radical (unpaired) electrons. The minimum Gasteiger partial charge on any atom is -0.466 e. The Bertz CT molecular complexity index is 981. The Morgan fingerprint density at radius 1 is 1.22 bits per heavy atom. The highest BCUT2D eigenvalue weighted by atomic mass is 32.2. The van der Waals surface area contributed by atoms with Crippen LogP contribution < -0.4 is 9.03 Å². The second-order valence-corrected chi connectivity index (χ2v) is 10.4. The van der Waals surface area contributed by atoms with Gasteiger partial charge in [-0.1, -0.05) is 0 Å². The van der Waals surface area contributed by atoms with Gasteiger partial charge in [0.25, 0.3) is 0 Å². The topological polar surface area (TPSA) is 117 Å². The van der Waals surface area contributed by atoms with E-state index in [9.17, 15) is 21.9 Å². The fourth-order valence-corrected chi connectivity index (χ4v) is 5.63. The van der Waals surface area contributed by atoms with Crippen LogP contribution in [0.5, 0.6) is 0 Å². The smallest absolute Gasteiger partial charge is 0.240 e. The molecule has 1 fully saturated rings. The molecule has 1 aromatic heterocycles. The van der Waals surface area contributed by atoms with Crippen LogP contribution >= 0.6 is 0 Å². The third-order valence-corrected chi connectivity index (χ3v) is 7.73. The van der Waals surface area contributed by atoms with Gasteiger partial charge in [-0.05, 0) is 56.2 Å². The van der Waals surface area contributed by atoms with Crippen LogP contribution in [0.15, 0.2) is 52.0 Å². The van der Waals surface area contributed by atoms with Gasteiger partial charge in [-0.15, -0.1) is 0 Å². The first-order chi connectivity index (χ1) is 12.6. The second-order valence-electron chi connectivity index (χ2n) is 6.66. The van der Waals surface area contributed by atoms with Crippen molar-refractivity contribution in [3.63, 3.8) is 0 Å². The minimum absolute atomic E-state index is 0.0177. The molecule has 1 aromatic carbocycles. The number of benzene rings is 1. The third kappa shape index (κ3) is 4.34. The summed E-state index contributed by atoms with van der Waals surface area (Å²) >= 11 is 0. The summed E-state index contributed by atoms with van der Waals surface area (Å²) < 4.78 is 58.0. The Morgan fingerprint density at radius 2 is 1.93 bits per heavy atom. The van der Waals surface area contributed by atoms with E-state index >= 15 is 0 Å². The normalized spacial score (nSPS) is 19.6. The number of rotatable bonds is 6. The summed E-state index contributed by atoms with van der Waals surface area (Å²) in [6.45, 7) is 1.56. The van der Waals surface area contributed by atoms with Gasteiger partial charge in [-0.2, -0.15) is 0 Å². The predicted octanol–water partition coefficient (Wildman–Crippen LogP) is 1.40. The molecule has 2 aromatic rings. The highest BCUT2D eigenvalue weighted by Gasteiger charge is 2.29. The molecule has 2 N–H and O–H groups in total. The van der Waals surface area contributed by atoms with Gasteiger partial charge in [-0.3, -0.25) is 4.31 Å². The number of nitrogens with zero attached hydrogens (tertiary/aromatic N) is 1. The molecular weight excluding hydrogens is 392 g/mol. The standard InChI is InChI=1S/C17H22N2O6S2/c1-17(20,16-5-4-11-25-16)13-18-27(23,24)15-8-6-14(7-9-15)19-10-2-3-12-26(19,21)22/h4-9,11,18,20H,2-3,10,12-13H2,1H3/t17-/m0/s1. The molecule has 27 heavy (non-hydrogen) atoms. The van der Waals surface area contributed by atoms with Crippen molar-refractivity contribution in [1.29, 1.82) is 0 Å². The van der Waals surface area contributed by atoms with Gasteiger partial charge in [0.2, 0.25) is 20.0 Å². The minimum atomic E-state index is -3.88. The molecule has 148 valence electrons. The molecule has 0 aliphatic carbocycles. The summed E-state index contributed by atoms with van der Waals surface area (Å²) in [5.74, 6) is 0.340. The van der Waals surface area contributed by atoms with Gasteiger partial charge < -0.3 is 9.52 Å². The largest absolute Gasteiger partial charge is 0.466 e. The zero-order chi connectivity index (χ0) is 19.7. The Balaban J connectivity index is 1.74. The van der Waals surface area contributed by atoms with E-state index in [0.29, 0.717) is 18.7 Å². The molecule has 0 spiro atoms. The molecule has 0 amide bonds. The van der Waals surface area contributed by atoms with Crippen molar-refractivity contribution >= 4 is 25.7 Å². The first kappa shape index (κ1) is 19.9. The Hall–Kier alpha value is -1.88. The monoisotopic (exact) mass is 414 g/mol. The van der Waals surface area contributed by atoms with Crippen molar-refractivity contribution in [3.05, 3.63) is 48.4 Å². The lowest BCUT2D eigenvalue weighted by molar-refractivity contribution is 0.0395. The quantitative estimate of drug-likeness (QED) is 0.738. The summed E-state index contributed by atoms with van der Waals surface area (Å²) in [4.78, 5) is -0.0177. The first-order valence-electron chi connectivity index (χ1n) is 8.48. The van der Waals surface area contributed by atoms with Gasteiger partial charge in [0.1, 0.15) is 11.4 Å². The summed E-state index contributed by atoms with van der Waals surface area (Å²) in [6.07, 6.45) is 2.79. The van der Waals surface area contributed by atoms with Crippen LogP contribution in [-0.4, -0.2) is 40.8 Å². The lowest BCUT2D eigenvalue weighted by Crippen LogP contribution is -2.38. The molecule has 1 saturated heterocycles. The summed E-state index contributed by atoms with van der Waals surface area (Å²) in [7, 11) is -7.24. The Labute approximate surface area is 158 Å². The third-order valence-electron chi connectivity index (χ3n) is 4.44. The number of sulfonamides is 2. The van der Waals surface area contributed by atoms with Gasteiger partial charge in [0.15, 0.2) is 0 Å². The molecule has 0 unspecified atom stereocenters. The van der Waals surface area contributed by atoms with Gasteiger partial charge >= 0.3 is 0 Å². The summed E-state index contributed by atoms with van der Waals surface area (Å²) in [5.41, 5.74) is -1.06. The SMILES string of the molecule is C[C@](O)(CNS(=O)(=O)c1ccc(N2CCCCS2(=O)=O)cc1)c1ccco1. The maximum Gasteiger partial charge on any atom is 0.240 e. The molecule has 1 aliphatic rings. The maximum absolute atomic E-state index is 12.5. The highest BCUT2D eigenvalue weighted by Crippen LogP contribution is 2.25. The van der Waals surface area contributed by atoms with Gasteiger partial charge in [0.05, 0.1) is 22.6 Å². The van der Waals surface area contributed by atoms with Crippen LogP contribution in [-0.2, 0) is 25.6 Å². The van der Waals surface area contributed by atoms with E-state index in [2.05, 4.69) is 4.72 Å². The van der Waals surface area contributed by atoms with Gasteiger partial charge in [0, 0.05) is 13.1 Å². The number of aliphatic hydroxyl groups is 1. The number of anilines is 1. The van der Waals surface area contributed by atoms with Crippen LogP contribution in [0, 0.1) is 0 Å². The maximum atomic E-state index is 12.5. The molecule has 2 heterocycles. The van der Waals surface area contributed by atoms with Crippen molar-refractivity contribution < 1.29 is 26.4 Å². The fraction of sp³-hybridized carbons (Fsp3) is 0.412. The average Bonchev–Trinajstić information content (AvgIpc) is 3.16. The fourth-order valence-electron chi connectivity index (χ4n) is 2.86. The second kappa shape index (κ2) is 7.27. The molecule has 0 saturated carbocycles. The Kier molecular flexibility index (Phi) is 5.35. The molecule has 0 bridgehead atoms. The average molecular weight is 415 g/mol. The molecule has 3 rings (SSSR count). The lowest BCUT2D eigenvalue weighted by atomic mass is 10.1. The van der Waals surface area contributed by atoms with E-state index < -0.39 is 25.6 Å². The van der Waals surface area contributed by atoms with Crippen LogP contribution in [0.25, 0.3) is 0 Å². The number of nitrogens with one attached hydrogen (secondary N) is 1. The van der Waals surface area contributed by atoms with E-state index in [1.54, 1.807) is 12.1 Å². The van der Waals surface area contributed by atoms with Crippen LogP contribution in [0.4, 0.5) is 5.69 Å². The Morgan fingerprint density at radius 3 is 2.52 bits per heavy atom. The van der Waals surface area contributed by atoms with Crippen LogP contribution in [0.3, 0.4) is 0 Å². The van der Waals surface area contributed by atoms with Crippen LogP contribution in [0.1, 0.15) is 25.5 Å². The molecule has 8 nitrogen and oxygen atoms in total. The van der Waals surface area contributed by atoms with Crippen molar-refractivity contribution in [2.75, 3.05) is 23.1 Å². The first-order valence-corrected chi connectivity index (χ1v) is 11.6.